The summed E-state index contributed by atoms with van der Waals surface area (Å²) >= 11 is 0. The summed E-state index contributed by atoms with van der Waals surface area (Å²) in [6.45, 7) is 10.8. The van der Waals surface area contributed by atoms with E-state index in [0.29, 0.717) is 11.1 Å². The van der Waals surface area contributed by atoms with E-state index in [1.807, 2.05) is 0 Å². The molecule has 1 fully saturated rings. The second-order valence-corrected chi connectivity index (χ2v) is 10.5. The second kappa shape index (κ2) is 10.4. The van der Waals surface area contributed by atoms with Gasteiger partial charge in [-0.1, -0.05) is 12.7 Å². The highest BCUT2D eigenvalue weighted by atomic mass is 16.6. The molecular formula is C30H32O10. The van der Waals surface area contributed by atoms with Crippen molar-refractivity contribution in [3.8, 4) is 11.5 Å². The maximum Gasteiger partial charge on any atom is 0.334 e. The van der Waals surface area contributed by atoms with Crippen LogP contribution in [0.15, 0.2) is 52.8 Å². The second-order valence-electron chi connectivity index (χ2n) is 10.5. The number of hydrogen-bond acceptors (Lipinski definition) is 10. The Labute approximate surface area is 231 Å². The molecule has 212 valence electrons. The van der Waals surface area contributed by atoms with Crippen LogP contribution in [0.3, 0.4) is 0 Å². The Hall–Kier alpha value is -4.18. The summed E-state index contributed by atoms with van der Waals surface area (Å²) in [5.74, 6) is -3.95. The normalized spacial score (nSPS) is 27.6. The first kappa shape index (κ1) is 28.8. The summed E-state index contributed by atoms with van der Waals surface area (Å²) < 4.78 is 17.5. The summed E-state index contributed by atoms with van der Waals surface area (Å²) in [4.78, 5) is 51.4. The number of benzene rings is 1. The van der Waals surface area contributed by atoms with Crippen molar-refractivity contribution < 1.29 is 48.7 Å². The Morgan fingerprint density at radius 2 is 1.90 bits per heavy atom. The highest BCUT2D eigenvalue weighted by Gasteiger charge is 2.54. The first-order valence-electron chi connectivity index (χ1n) is 12.8. The van der Waals surface area contributed by atoms with Crippen LogP contribution in [0.2, 0.25) is 0 Å². The van der Waals surface area contributed by atoms with Crippen molar-refractivity contribution in [1.82, 2.24) is 0 Å². The lowest BCUT2D eigenvalue weighted by Gasteiger charge is -2.31. The Balaban J connectivity index is 1.88. The zero-order chi connectivity index (χ0) is 29.7. The minimum absolute atomic E-state index is 0.0106. The van der Waals surface area contributed by atoms with Crippen LogP contribution in [-0.2, 0) is 35.0 Å². The number of fused-ring (bicyclic) bond motifs is 3. The molecule has 4 atom stereocenters. The van der Waals surface area contributed by atoms with Gasteiger partial charge in [0.2, 0.25) is 5.78 Å². The highest BCUT2D eigenvalue weighted by molar-refractivity contribution is 6.06. The molecule has 0 aromatic heterocycles. The van der Waals surface area contributed by atoms with Gasteiger partial charge < -0.3 is 29.5 Å². The number of aromatic hydroxyl groups is 2. The molecule has 1 aromatic rings. The van der Waals surface area contributed by atoms with Crippen molar-refractivity contribution >= 4 is 23.5 Å². The maximum absolute atomic E-state index is 14.0. The largest absolute Gasteiger partial charge is 0.507 e. The number of carbonyl (C=O) groups is 4. The molecule has 2 bridgehead atoms. The number of ketones is 2. The average molecular weight is 553 g/mol. The first-order chi connectivity index (χ1) is 18.7. The smallest absolute Gasteiger partial charge is 0.334 e. The van der Waals surface area contributed by atoms with Gasteiger partial charge in [-0.2, -0.15) is 0 Å². The quantitative estimate of drug-likeness (QED) is 0.272. The van der Waals surface area contributed by atoms with Gasteiger partial charge in [0.15, 0.2) is 11.4 Å². The molecule has 10 heteroatoms. The molecule has 1 saturated heterocycles. The van der Waals surface area contributed by atoms with Gasteiger partial charge in [-0.25, -0.2) is 9.59 Å². The van der Waals surface area contributed by atoms with Gasteiger partial charge in [0.1, 0.15) is 29.5 Å². The number of aliphatic hydroxyl groups is 1. The van der Waals surface area contributed by atoms with Gasteiger partial charge in [-0.3, -0.25) is 9.59 Å². The Bertz CT molecular complexity index is 1440. The van der Waals surface area contributed by atoms with Gasteiger partial charge in [0, 0.05) is 40.7 Å². The zero-order valence-electron chi connectivity index (χ0n) is 23.0. The number of aryl methyl sites for hydroxylation is 1. The average Bonchev–Trinajstić information content (AvgIpc) is 3.33. The number of phenols is 2. The van der Waals surface area contributed by atoms with Gasteiger partial charge in [-0.15, -0.1) is 0 Å². The number of phenolic OH excluding ortho intramolecular Hbond substituents is 2. The standard InChI is InChI=1S/C30H32O10/c1-7-13(2)28(36)39-22-11-30(6)27(35)20(10-19-24(33)14(3)8-18(16(5)32)25(19)34)26(40-30)17(12-31)9-21-23(22)15(4)29(37)38-21/h7-9,21-23,31,33-34H,4,10-12H2,1-3,5-6H3/b13-7-,17-9-/t21-,22+,23+,30+/m0/s1. The predicted molar refractivity (Wildman–Crippen MR) is 141 cm³/mol. The molecule has 3 aliphatic heterocycles. The van der Waals surface area contributed by atoms with E-state index in [1.165, 1.54) is 26.0 Å². The van der Waals surface area contributed by atoms with E-state index in [4.69, 9.17) is 14.2 Å². The number of aliphatic hydroxyl groups excluding tert-OH is 1. The third-order valence-electron chi connectivity index (χ3n) is 7.74. The summed E-state index contributed by atoms with van der Waals surface area (Å²) in [5.41, 5.74) is -0.863. The Kier molecular flexibility index (Phi) is 7.51. The molecule has 0 aliphatic carbocycles. The van der Waals surface area contributed by atoms with Crippen molar-refractivity contribution in [2.45, 2.75) is 65.3 Å². The fraction of sp³-hybridized carbons (Fsp3) is 0.400. The molecule has 3 heterocycles. The number of ether oxygens (including phenoxy) is 3. The topological polar surface area (TPSA) is 157 Å². The number of Topliss-reactive ketones (excluding diaryl/α,β-unsaturated/α-hetero) is 2. The molecule has 40 heavy (non-hydrogen) atoms. The Morgan fingerprint density at radius 3 is 2.50 bits per heavy atom. The van der Waals surface area contributed by atoms with Gasteiger partial charge in [0.25, 0.3) is 0 Å². The monoisotopic (exact) mass is 552 g/mol. The van der Waals surface area contributed by atoms with Crippen molar-refractivity contribution in [3.05, 3.63) is 69.5 Å². The number of rotatable bonds is 6. The lowest BCUT2D eigenvalue weighted by molar-refractivity contribution is -0.153. The van der Waals surface area contributed by atoms with Crippen molar-refractivity contribution in [2.75, 3.05) is 6.61 Å². The van der Waals surface area contributed by atoms with Crippen LogP contribution in [-0.4, -0.2) is 63.2 Å². The SMILES string of the molecule is C=C1C(=O)O[C@H]2/C=C(/CO)C3=C(Cc4c(O)c(C)cc(C(C)=O)c4O)C(=O)[C@@](C)(C[C@@H](OC(=O)/C(C)=C\C)[C@H]12)O3. The van der Waals surface area contributed by atoms with E-state index >= 15 is 0 Å². The van der Waals surface area contributed by atoms with E-state index in [9.17, 15) is 34.5 Å². The van der Waals surface area contributed by atoms with E-state index < -0.39 is 59.6 Å². The molecule has 0 spiro atoms. The highest BCUT2D eigenvalue weighted by Crippen LogP contribution is 2.46. The minimum atomic E-state index is -1.62. The number of esters is 2. The molecule has 3 aliphatic rings. The van der Waals surface area contributed by atoms with E-state index in [-0.39, 0.29) is 52.2 Å². The maximum atomic E-state index is 14.0. The first-order valence-corrected chi connectivity index (χ1v) is 12.8. The lowest BCUT2D eigenvalue weighted by Crippen LogP contribution is -2.43. The van der Waals surface area contributed by atoms with Crippen LogP contribution in [0.1, 0.15) is 55.6 Å². The van der Waals surface area contributed by atoms with Gasteiger partial charge in [-0.05, 0) is 52.3 Å². The molecule has 4 rings (SSSR count). The Morgan fingerprint density at radius 1 is 1.23 bits per heavy atom. The molecule has 3 N–H and O–H groups in total. The predicted octanol–water partition coefficient (Wildman–Crippen LogP) is 3.06. The van der Waals surface area contributed by atoms with Crippen molar-refractivity contribution in [2.24, 2.45) is 5.92 Å². The fourth-order valence-electron chi connectivity index (χ4n) is 5.34. The van der Waals surface area contributed by atoms with E-state index in [1.54, 1.807) is 26.8 Å². The fourth-order valence-corrected chi connectivity index (χ4v) is 5.34. The summed E-state index contributed by atoms with van der Waals surface area (Å²) in [6.07, 6.45) is 0.433. The van der Waals surface area contributed by atoms with E-state index in [0.717, 1.165) is 0 Å². The molecule has 1 aromatic carbocycles. The molecule has 0 amide bonds. The van der Waals surface area contributed by atoms with Crippen LogP contribution in [0.25, 0.3) is 0 Å². The lowest BCUT2D eigenvalue weighted by atomic mass is 9.80. The van der Waals surface area contributed by atoms with Gasteiger partial charge in [0.05, 0.1) is 18.1 Å². The van der Waals surface area contributed by atoms with Crippen LogP contribution in [0.4, 0.5) is 0 Å². The molecular weight excluding hydrogens is 520 g/mol. The van der Waals surface area contributed by atoms with Gasteiger partial charge >= 0.3 is 11.9 Å². The molecule has 10 nitrogen and oxygen atoms in total. The molecule has 0 unspecified atom stereocenters. The van der Waals surface area contributed by atoms with Crippen LogP contribution < -0.4 is 0 Å². The number of hydrogen-bond donors (Lipinski definition) is 3. The van der Waals surface area contributed by atoms with Crippen molar-refractivity contribution in [1.29, 1.82) is 0 Å². The van der Waals surface area contributed by atoms with Crippen LogP contribution in [0.5, 0.6) is 11.5 Å². The van der Waals surface area contributed by atoms with Crippen LogP contribution in [0, 0.1) is 12.8 Å². The third-order valence-corrected chi connectivity index (χ3v) is 7.74. The zero-order valence-corrected chi connectivity index (χ0v) is 23.0. The third kappa shape index (κ3) is 4.72. The summed E-state index contributed by atoms with van der Waals surface area (Å²) in [7, 11) is 0. The van der Waals surface area contributed by atoms with Crippen LogP contribution >= 0.6 is 0 Å². The summed E-state index contributed by atoms with van der Waals surface area (Å²) in [6, 6.07) is 1.35. The summed E-state index contributed by atoms with van der Waals surface area (Å²) in [5, 5.41) is 31.9. The molecule has 0 saturated carbocycles. The number of carbonyl (C=O) groups excluding carboxylic acids is 4. The minimum Gasteiger partial charge on any atom is -0.507 e. The number of allylic oxidation sites excluding steroid dienone is 1. The van der Waals surface area contributed by atoms with E-state index in [2.05, 4.69) is 6.58 Å². The molecule has 0 radical (unpaired) electrons. The van der Waals surface area contributed by atoms with Crippen molar-refractivity contribution in [3.63, 3.8) is 0 Å².